The lowest BCUT2D eigenvalue weighted by molar-refractivity contribution is 0.0943. The van der Waals surface area contributed by atoms with E-state index in [4.69, 9.17) is 0 Å². The second-order valence-corrected chi connectivity index (χ2v) is 5.82. The predicted molar refractivity (Wildman–Crippen MR) is 87.3 cm³/mol. The number of H-pyrrole nitrogens is 1. The van der Waals surface area contributed by atoms with Crippen LogP contribution in [0.5, 0.6) is 0 Å². The Kier molecular flexibility index (Phi) is 6.15. The minimum Gasteiger partial charge on any atom is -0.351 e. The first-order chi connectivity index (χ1) is 10.6. The fourth-order valence-electron chi connectivity index (χ4n) is 2.73. The number of aromatic nitrogens is 1. The predicted octanol–water partition coefficient (Wildman–Crippen LogP) is 0.441. The van der Waals surface area contributed by atoms with E-state index in [0.29, 0.717) is 12.2 Å². The minimum absolute atomic E-state index is 0.211. The van der Waals surface area contributed by atoms with Crippen molar-refractivity contribution in [3.8, 4) is 0 Å². The van der Waals surface area contributed by atoms with E-state index in [-0.39, 0.29) is 11.5 Å². The van der Waals surface area contributed by atoms with Crippen LogP contribution in [-0.4, -0.2) is 66.5 Å². The van der Waals surface area contributed by atoms with E-state index in [2.05, 4.69) is 27.0 Å². The molecule has 22 heavy (non-hydrogen) atoms. The van der Waals surface area contributed by atoms with Crippen LogP contribution in [0.2, 0.25) is 0 Å². The molecule has 2 rings (SSSR count). The Hall–Kier alpha value is -1.66. The number of hydrogen-bond acceptors (Lipinski definition) is 4. The van der Waals surface area contributed by atoms with Crippen LogP contribution >= 0.6 is 0 Å². The molecule has 0 unspecified atom stereocenters. The maximum absolute atomic E-state index is 12.0. The van der Waals surface area contributed by atoms with E-state index in [1.165, 1.54) is 6.07 Å². The highest BCUT2D eigenvalue weighted by atomic mass is 16.2. The summed E-state index contributed by atoms with van der Waals surface area (Å²) in [5.74, 6) is -0.211. The topological polar surface area (TPSA) is 68.4 Å². The first-order valence-corrected chi connectivity index (χ1v) is 8.02. The second kappa shape index (κ2) is 8.10. The summed E-state index contributed by atoms with van der Waals surface area (Å²) >= 11 is 0. The molecule has 1 aliphatic heterocycles. The molecular formula is C16H26N4O2. The molecule has 1 saturated heterocycles. The summed E-state index contributed by atoms with van der Waals surface area (Å²) in [5.41, 5.74) is 0.892. The van der Waals surface area contributed by atoms with Gasteiger partial charge in [0.2, 0.25) is 5.56 Å². The number of carbonyl (C=O) groups is 1. The summed E-state index contributed by atoms with van der Waals surface area (Å²) in [4.78, 5) is 30.8. The van der Waals surface area contributed by atoms with Gasteiger partial charge in [0.1, 0.15) is 5.69 Å². The molecule has 0 bridgehead atoms. The van der Waals surface area contributed by atoms with Crippen molar-refractivity contribution >= 4 is 5.91 Å². The van der Waals surface area contributed by atoms with E-state index in [0.717, 1.165) is 51.3 Å². The van der Waals surface area contributed by atoms with Crippen LogP contribution in [0.4, 0.5) is 0 Å². The fourth-order valence-corrected chi connectivity index (χ4v) is 2.73. The number of rotatable bonds is 6. The molecule has 1 aromatic heterocycles. The Bertz CT molecular complexity index is 547. The fraction of sp³-hybridized carbons (Fsp3) is 0.625. The average Bonchev–Trinajstić information content (AvgIpc) is 2.51. The lowest BCUT2D eigenvalue weighted by atomic mass is 10.2. The summed E-state index contributed by atoms with van der Waals surface area (Å²) in [6.07, 6.45) is 0.925. The zero-order valence-corrected chi connectivity index (χ0v) is 13.5. The lowest BCUT2D eigenvalue weighted by Crippen LogP contribution is -2.46. The maximum atomic E-state index is 12.0. The second-order valence-electron chi connectivity index (χ2n) is 5.82. The molecule has 122 valence electrons. The number of carbonyl (C=O) groups excluding carboxylic acids is 1. The Balaban J connectivity index is 1.68. The van der Waals surface area contributed by atoms with Crippen LogP contribution in [0.3, 0.4) is 0 Å². The molecule has 2 N–H and O–H groups in total. The number of hydrogen-bond donors (Lipinski definition) is 2. The van der Waals surface area contributed by atoms with Crippen LogP contribution in [-0.2, 0) is 0 Å². The van der Waals surface area contributed by atoms with Gasteiger partial charge in [-0.05, 0) is 38.1 Å². The van der Waals surface area contributed by atoms with Crippen LogP contribution in [0.1, 0.15) is 29.4 Å². The van der Waals surface area contributed by atoms with Crippen molar-refractivity contribution in [1.29, 1.82) is 0 Å². The number of aromatic amines is 1. The van der Waals surface area contributed by atoms with Gasteiger partial charge >= 0.3 is 0 Å². The monoisotopic (exact) mass is 306 g/mol. The Morgan fingerprint density at radius 1 is 1.23 bits per heavy atom. The van der Waals surface area contributed by atoms with Gasteiger partial charge in [0.15, 0.2) is 0 Å². The third-order valence-electron chi connectivity index (χ3n) is 4.08. The lowest BCUT2D eigenvalue weighted by Gasteiger charge is -2.33. The molecule has 1 aliphatic rings. The van der Waals surface area contributed by atoms with Crippen molar-refractivity contribution in [3.63, 3.8) is 0 Å². The normalized spacial score (nSPS) is 16.6. The van der Waals surface area contributed by atoms with E-state index in [1.807, 2.05) is 6.92 Å². The van der Waals surface area contributed by atoms with E-state index >= 15 is 0 Å². The van der Waals surface area contributed by atoms with Crippen LogP contribution in [0.15, 0.2) is 16.9 Å². The van der Waals surface area contributed by atoms with Crippen molar-refractivity contribution in [1.82, 2.24) is 20.1 Å². The van der Waals surface area contributed by atoms with Gasteiger partial charge in [-0.2, -0.15) is 0 Å². The van der Waals surface area contributed by atoms with Crippen LogP contribution in [0.25, 0.3) is 0 Å². The number of pyridine rings is 1. The van der Waals surface area contributed by atoms with Crippen molar-refractivity contribution in [3.05, 3.63) is 33.7 Å². The third kappa shape index (κ3) is 4.96. The van der Waals surface area contributed by atoms with Gasteiger partial charge in [-0.25, -0.2) is 0 Å². The molecule has 6 heteroatoms. The number of amides is 1. The van der Waals surface area contributed by atoms with Gasteiger partial charge in [-0.15, -0.1) is 0 Å². The van der Waals surface area contributed by atoms with Gasteiger partial charge in [-0.1, -0.05) is 6.92 Å². The molecule has 0 atom stereocenters. The first kappa shape index (κ1) is 16.7. The summed E-state index contributed by atoms with van der Waals surface area (Å²) in [7, 11) is 0. The molecule has 1 aromatic rings. The quantitative estimate of drug-likeness (QED) is 0.749. The van der Waals surface area contributed by atoms with E-state index < -0.39 is 0 Å². The number of nitrogens with zero attached hydrogens (tertiary/aromatic N) is 2. The number of likely N-dealkylation sites (N-methyl/N-ethyl adjacent to an activating group) is 1. The summed E-state index contributed by atoms with van der Waals surface area (Å²) in [6, 6.07) is 3.17. The Morgan fingerprint density at radius 3 is 2.55 bits per heavy atom. The number of nitrogens with one attached hydrogen (secondary N) is 2. The van der Waals surface area contributed by atoms with E-state index in [9.17, 15) is 9.59 Å². The molecule has 0 aromatic carbocycles. The highest BCUT2D eigenvalue weighted by Gasteiger charge is 2.14. The van der Waals surface area contributed by atoms with Crippen molar-refractivity contribution < 1.29 is 4.79 Å². The SMILES string of the molecule is CCN1CCN(CCCNC(=O)c2cc(C)cc(=O)[nH]2)CC1. The highest BCUT2D eigenvalue weighted by Crippen LogP contribution is 2.02. The Morgan fingerprint density at radius 2 is 1.91 bits per heavy atom. The molecular weight excluding hydrogens is 280 g/mol. The maximum Gasteiger partial charge on any atom is 0.267 e. The van der Waals surface area contributed by atoms with Gasteiger partial charge in [0, 0.05) is 38.8 Å². The molecule has 0 spiro atoms. The average molecular weight is 306 g/mol. The van der Waals surface area contributed by atoms with E-state index in [1.54, 1.807) is 6.07 Å². The smallest absolute Gasteiger partial charge is 0.267 e. The zero-order valence-electron chi connectivity index (χ0n) is 13.5. The standard InChI is InChI=1S/C16H26N4O2/c1-3-19-7-9-20(10-8-19)6-4-5-17-16(22)14-11-13(2)12-15(21)18-14/h11-12H,3-10H2,1-2H3,(H,17,22)(H,18,21). The molecule has 0 aliphatic carbocycles. The van der Waals surface area contributed by atoms with Gasteiger partial charge < -0.3 is 20.1 Å². The third-order valence-corrected chi connectivity index (χ3v) is 4.08. The zero-order chi connectivity index (χ0) is 15.9. The molecule has 0 radical (unpaired) electrons. The van der Waals surface area contributed by atoms with Crippen LogP contribution < -0.4 is 10.9 Å². The summed E-state index contributed by atoms with van der Waals surface area (Å²) < 4.78 is 0. The first-order valence-electron chi connectivity index (χ1n) is 8.02. The Labute approximate surface area is 131 Å². The highest BCUT2D eigenvalue weighted by molar-refractivity contribution is 5.92. The minimum atomic E-state index is -0.237. The van der Waals surface area contributed by atoms with Crippen molar-refractivity contribution in [2.24, 2.45) is 0 Å². The van der Waals surface area contributed by atoms with Gasteiger partial charge in [0.25, 0.3) is 5.91 Å². The molecule has 1 fully saturated rings. The van der Waals surface area contributed by atoms with Gasteiger partial charge in [-0.3, -0.25) is 9.59 Å². The molecule has 0 saturated carbocycles. The van der Waals surface area contributed by atoms with Crippen LogP contribution in [0, 0.1) is 6.92 Å². The van der Waals surface area contributed by atoms with Crippen molar-refractivity contribution in [2.45, 2.75) is 20.3 Å². The molecule has 6 nitrogen and oxygen atoms in total. The number of aryl methyl sites for hydroxylation is 1. The largest absolute Gasteiger partial charge is 0.351 e. The molecule has 2 heterocycles. The summed E-state index contributed by atoms with van der Waals surface area (Å²) in [5, 5.41) is 2.87. The van der Waals surface area contributed by atoms with Gasteiger partial charge in [0.05, 0.1) is 0 Å². The number of piperazine rings is 1. The van der Waals surface area contributed by atoms with Crippen molar-refractivity contribution in [2.75, 3.05) is 45.8 Å². The summed E-state index contributed by atoms with van der Waals surface area (Å²) in [6.45, 7) is 11.2. The molecule has 1 amide bonds.